The quantitative estimate of drug-likeness (QED) is 0.0771. The van der Waals surface area contributed by atoms with Crippen molar-refractivity contribution in [3.05, 3.63) is 47.2 Å². The third-order valence-electron chi connectivity index (χ3n) is 18.7. The van der Waals surface area contributed by atoms with Crippen LogP contribution in [0.1, 0.15) is 145 Å². The number of carbonyl (C=O) groups excluding carboxylic acids is 3. The number of allylic oxidation sites excluding steroid dienone is 2. The van der Waals surface area contributed by atoms with Crippen LogP contribution in [0, 0.1) is 55.5 Å². The van der Waals surface area contributed by atoms with Gasteiger partial charge in [0.05, 0.1) is 47.6 Å². The van der Waals surface area contributed by atoms with Crippen LogP contribution in [0.3, 0.4) is 0 Å². The number of aromatic nitrogens is 2. The first-order chi connectivity index (χ1) is 32.8. The van der Waals surface area contributed by atoms with E-state index in [-0.39, 0.29) is 93.1 Å². The number of hydrogen-bond donors (Lipinski definition) is 3. The second-order valence-corrected chi connectivity index (χ2v) is 25.4. The molecule has 6 aliphatic rings. The van der Waals surface area contributed by atoms with Crippen molar-refractivity contribution in [3.63, 3.8) is 0 Å². The number of nitrogens with zero attached hydrogens (tertiary/aromatic N) is 2. The Labute approximate surface area is 411 Å². The van der Waals surface area contributed by atoms with Gasteiger partial charge in [-0.15, -0.1) is 0 Å². The normalized spacial score (nSPS) is 36.9. The van der Waals surface area contributed by atoms with Crippen molar-refractivity contribution < 1.29 is 71.3 Å². The Hall–Kier alpha value is -4.10. The Bertz CT molecular complexity index is 2420. The standard InChI is InChI=1S/C52H74N2O15S/c1-31(20-27-64-44-45(54(61)69-53-44)70(62,63)32-12-10-9-11-13-32)65-40(57)16-17-41(58)67-39-19-21-49(6)37(48(39,4)5)18-22-51(8)38(49)15-14-33-34-29-47(2,3)23-25-52(34,26-24-50(33,51)7)46(60)68-42-28-35(56)43(59)36(30-55)66-42/h9-14,31,34-39,42-43,55-56,59H,15-30H2,1-8H3/t31?,34-,35+,36+,37-,38+,39-,42-,43+,49-,50+,51+,52-/m0/s1. The van der Waals surface area contributed by atoms with Crippen LogP contribution in [0.25, 0.3) is 0 Å². The lowest BCUT2D eigenvalue weighted by molar-refractivity contribution is -0.832. The molecule has 13 atom stereocenters. The van der Waals surface area contributed by atoms with Gasteiger partial charge in [0.2, 0.25) is 6.29 Å². The number of carbonyl (C=O) groups is 3. The van der Waals surface area contributed by atoms with Crippen molar-refractivity contribution in [2.45, 2.75) is 192 Å². The van der Waals surface area contributed by atoms with E-state index in [0.717, 1.165) is 44.9 Å². The molecule has 17 nitrogen and oxygen atoms in total. The third kappa shape index (κ3) is 9.08. The number of aliphatic hydroxyl groups excluding tert-OH is 3. The minimum Gasteiger partial charge on any atom is -0.463 e. The Morgan fingerprint density at radius 2 is 1.61 bits per heavy atom. The molecule has 0 bridgehead atoms. The zero-order chi connectivity index (χ0) is 50.8. The van der Waals surface area contributed by atoms with E-state index in [4.69, 9.17) is 23.7 Å². The highest BCUT2D eigenvalue weighted by atomic mass is 32.2. The molecule has 0 radical (unpaired) electrons. The molecule has 1 saturated heterocycles. The molecular weight excluding hydrogens is 925 g/mol. The number of hydrogen-bond acceptors (Lipinski definition) is 16. The molecule has 70 heavy (non-hydrogen) atoms. The first-order valence-corrected chi connectivity index (χ1v) is 26.8. The Balaban J connectivity index is 0.876. The molecule has 18 heteroatoms. The summed E-state index contributed by atoms with van der Waals surface area (Å²) in [5, 5.41) is 45.6. The Kier molecular flexibility index (Phi) is 14.2. The molecule has 2 heterocycles. The summed E-state index contributed by atoms with van der Waals surface area (Å²) in [5.41, 5.74) is 0.00236. The van der Waals surface area contributed by atoms with E-state index in [2.05, 4.69) is 64.3 Å². The highest BCUT2D eigenvalue weighted by Crippen LogP contribution is 2.76. The topological polar surface area (TPSA) is 245 Å². The maximum absolute atomic E-state index is 14.6. The van der Waals surface area contributed by atoms with Gasteiger partial charge in [-0.25, -0.2) is 8.42 Å². The van der Waals surface area contributed by atoms with Crippen molar-refractivity contribution in [2.24, 2.45) is 50.2 Å². The maximum Gasteiger partial charge on any atom is 0.414 e. The van der Waals surface area contributed by atoms with E-state index >= 15 is 0 Å². The number of rotatable bonds is 14. The fraction of sp³-hybridized carbons (Fsp3) is 0.750. The molecule has 1 aliphatic heterocycles. The number of sulfone groups is 1. The summed E-state index contributed by atoms with van der Waals surface area (Å²) in [6.45, 7) is 17.4. The molecule has 1 aromatic carbocycles. The molecular formula is C52H74N2O15S. The van der Waals surface area contributed by atoms with Gasteiger partial charge in [0.25, 0.3) is 9.84 Å². The number of ether oxygens (including phenoxy) is 5. The van der Waals surface area contributed by atoms with Gasteiger partial charge in [0.1, 0.15) is 24.4 Å². The number of benzene rings is 1. The summed E-state index contributed by atoms with van der Waals surface area (Å²) in [4.78, 5) is 40.6. The molecule has 0 amide bonds. The van der Waals surface area contributed by atoms with Crippen LogP contribution in [-0.4, -0.2) is 96.8 Å². The summed E-state index contributed by atoms with van der Waals surface area (Å²) in [6, 6.07) is 7.33. The average Bonchev–Trinajstić information content (AvgIpc) is 3.68. The van der Waals surface area contributed by atoms with Gasteiger partial charge in [-0.3, -0.25) is 19.0 Å². The predicted molar refractivity (Wildman–Crippen MR) is 250 cm³/mol. The average molecular weight is 999 g/mol. The maximum atomic E-state index is 14.6. The van der Waals surface area contributed by atoms with Crippen LogP contribution >= 0.6 is 0 Å². The Morgan fingerprint density at radius 3 is 2.33 bits per heavy atom. The van der Waals surface area contributed by atoms with Gasteiger partial charge >= 0.3 is 28.8 Å². The summed E-state index contributed by atoms with van der Waals surface area (Å²) in [5.74, 6) is -1.30. The largest absolute Gasteiger partial charge is 0.463 e. The molecule has 1 unspecified atom stereocenters. The molecule has 1 aromatic heterocycles. The van der Waals surface area contributed by atoms with Crippen molar-refractivity contribution in [1.29, 1.82) is 0 Å². The van der Waals surface area contributed by atoms with Crippen LogP contribution in [0.5, 0.6) is 5.88 Å². The highest BCUT2D eigenvalue weighted by Gasteiger charge is 2.70. The van der Waals surface area contributed by atoms with Crippen molar-refractivity contribution in [3.8, 4) is 5.88 Å². The van der Waals surface area contributed by atoms with Crippen LogP contribution in [0.2, 0.25) is 0 Å². The van der Waals surface area contributed by atoms with Gasteiger partial charge in [-0.05, 0) is 128 Å². The van der Waals surface area contributed by atoms with E-state index in [0.29, 0.717) is 25.2 Å². The SMILES string of the molecule is CC(CCOc1no[n+]([O-])c1S(=O)(=O)c1ccccc1)OC(=O)CCC(=O)O[C@H]1CC[C@]2(C)[C@H]3CC=C4[C@@H]5CC(C)(C)CC[C@]5(C(=O)O[C@H]5C[C@@H](O)[C@@H](O)[C@@H](CO)O5)CC[C@@]4(C)[C@]3(C)CC[C@H]2C1(C)C. The van der Waals surface area contributed by atoms with E-state index in [1.54, 1.807) is 13.0 Å². The summed E-state index contributed by atoms with van der Waals surface area (Å²) >= 11 is 0. The van der Waals surface area contributed by atoms with E-state index in [1.807, 2.05) is 0 Å². The van der Waals surface area contributed by atoms with Crippen molar-refractivity contribution >= 4 is 27.7 Å². The molecule has 5 fully saturated rings. The lowest BCUT2D eigenvalue weighted by Crippen LogP contribution is -2.65. The lowest BCUT2D eigenvalue weighted by Gasteiger charge is -2.71. The van der Waals surface area contributed by atoms with Gasteiger partial charge in [-0.2, -0.15) is 0 Å². The van der Waals surface area contributed by atoms with Crippen LogP contribution in [-0.2, 0) is 43.2 Å². The molecule has 3 N–H and O–H groups in total. The fourth-order valence-electron chi connectivity index (χ4n) is 14.5. The summed E-state index contributed by atoms with van der Waals surface area (Å²) in [6.07, 6.45) is 5.00. The number of fused-ring (bicyclic) bond motifs is 7. The third-order valence-corrected chi connectivity index (χ3v) is 20.4. The monoisotopic (exact) mass is 998 g/mol. The molecule has 2 aromatic rings. The van der Waals surface area contributed by atoms with E-state index < -0.39 is 75.4 Å². The zero-order valence-electron chi connectivity index (χ0n) is 42.0. The molecule has 5 aliphatic carbocycles. The van der Waals surface area contributed by atoms with Crippen LogP contribution in [0.4, 0.5) is 0 Å². The fourth-order valence-corrected chi connectivity index (χ4v) is 15.8. The number of esters is 3. The minimum atomic E-state index is -4.29. The molecule has 388 valence electrons. The number of aliphatic hydroxyl groups is 3. The Morgan fingerprint density at radius 1 is 0.914 bits per heavy atom. The smallest absolute Gasteiger partial charge is 0.414 e. The highest BCUT2D eigenvalue weighted by molar-refractivity contribution is 7.91. The first-order valence-electron chi connectivity index (χ1n) is 25.3. The minimum absolute atomic E-state index is 0.0152. The summed E-state index contributed by atoms with van der Waals surface area (Å²) < 4.78 is 59.8. The molecule has 0 spiro atoms. The van der Waals surface area contributed by atoms with Gasteiger partial charge in [0, 0.05) is 18.3 Å². The second kappa shape index (κ2) is 19.1. The summed E-state index contributed by atoms with van der Waals surface area (Å²) in [7, 11) is -4.29. The van der Waals surface area contributed by atoms with E-state index in [1.165, 1.54) is 29.8 Å². The predicted octanol–water partition coefficient (Wildman–Crippen LogP) is 6.71. The van der Waals surface area contributed by atoms with Crippen LogP contribution < -0.4 is 9.64 Å². The van der Waals surface area contributed by atoms with Crippen molar-refractivity contribution in [1.82, 2.24) is 5.16 Å². The van der Waals surface area contributed by atoms with Gasteiger partial charge < -0.3 is 44.2 Å². The molecule has 8 rings (SSSR count). The molecule has 4 saturated carbocycles. The van der Waals surface area contributed by atoms with Crippen molar-refractivity contribution in [2.75, 3.05) is 13.2 Å². The second-order valence-electron chi connectivity index (χ2n) is 23.5. The van der Waals surface area contributed by atoms with Gasteiger partial charge in [0.15, 0.2) is 0 Å². The lowest BCUT2D eigenvalue weighted by atomic mass is 9.33. The van der Waals surface area contributed by atoms with Crippen LogP contribution in [0.15, 0.2) is 56.5 Å². The van der Waals surface area contributed by atoms with Gasteiger partial charge in [-0.1, -0.05) is 78.3 Å². The first kappa shape index (κ1) is 52.2. The van der Waals surface area contributed by atoms with E-state index in [9.17, 15) is 43.3 Å². The zero-order valence-corrected chi connectivity index (χ0v) is 42.8.